The Balaban J connectivity index is 1.90. The van der Waals surface area contributed by atoms with Crippen LogP contribution in [-0.4, -0.2) is 19.0 Å². The van der Waals surface area contributed by atoms with E-state index in [9.17, 15) is 4.79 Å². The zero-order valence-corrected chi connectivity index (χ0v) is 11.7. The average molecular weight is 276 g/mol. The summed E-state index contributed by atoms with van der Waals surface area (Å²) in [6.07, 6.45) is 0.911. The van der Waals surface area contributed by atoms with Crippen LogP contribution in [0.25, 0.3) is 0 Å². The van der Waals surface area contributed by atoms with Crippen molar-refractivity contribution in [3.63, 3.8) is 0 Å². The van der Waals surface area contributed by atoms with Gasteiger partial charge in [-0.05, 0) is 36.2 Å². The number of fused-ring (bicyclic) bond motifs is 1. The Labute approximate surface area is 124 Å². The summed E-state index contributed by atoms with van der Waals surface area (Å²) in [6, 6.07) is 15.4. The van der Waals surface area contributed by atoms with Crippen LogP contribution in [0.4, 0.5) is 5.69 Å². The van der Waals surface area contributed by atoms with E-state index in [0.717, 1.165) is 24.2 Å². The summed E-state index contributed by atoms with van der Waals surface area (Å²) in [5.41, 5.74) is 9.10. The molecule has 3 nitrogen and oxygen atoms in total. The minimum Gasteiger partial charge on any atom is -0.320 e. The summed E-state index contributed by atoms with van der Waals surface area (Å²) in [4.78, 5) is 14.5. The molecule has 0 saturated heterocycles. The quantitative estimate of drug-likeness (QED) is 0.812. The maximum absolute atomic E-state index is 12.7. The number of para-hydroxylation sites is 1. The lowest BCUT2D eigenvalue weighted by Gasteiger charge is -2.17. The van der Waals surface area contributed by atoms with E-state index >= 15 is 0 Å². The first-order chi connectivity index (χ1) is 10.3. The molecule has 0 spiro atoms. The van der Waals surface area contributed by atoms with E-state index in [4.69, 9.17) is 5.73 Å². The molecule has 0 saturated carbocycles. The first kappa shape index (κ1) is 13.4. The van der Waals surface area contributed by atoms with Crippen molar-refractivity contribution in [1.29, 1.82) is 0 Å². The molecular weight excluding hydrogens is 260 g/mol. The van der Waals surface area contributed by atoms with Crippen molar-refractivity contribution in [2.45, 2.75) is 6.42 Å². The van der Waals surface area contributed by atoms with Gasteiger partial charge in [0.15, 0.2) is 0 Å². The molecule has 2 aromatic carbocycles. The van der Waals surface area contributed by atoms with Gasteiger partial charge in [-0.3, -0.25) is 4.79 Å². The molecule has 2 N–H and O–H groups in total. The van der Waals surface area contributed by atoms with Crippen LogP contribution in [0.5, 0.6) is 0 Å². The molecule has 0 unspecified atom stereocenters. The van der Waals surface area contributed by atoms with Crippen molar-refractivity contribution in [3.05, 3.63) is 65.2 Å². The van der Waals surface area contributed by atoms with Gasteiger partial charge < -0.3 is 10.6 Å². The van der Waals surface area contributed by atoms with Gasteiger partial charge in [-0.2, -0.15) is 0 Å². The van der Waals surface area contributed by atoms with Gasteiger partial charge in [0, 0.05) is 23.4 Å². The van der Waals surface area contributed by atoms with E-state index < -0.39 is 0 Å². The van der Waals surface area contributed by atoms with E-state index in [0.29, 0.717) is 12.1 Å². The van der Waals surface area contributed by atoms with Gasteiger partial charge in [-0.1, -0.05) is 36.1 Å². The minimum absolute atomic E-state index is 0.0244. The van der Waals surface area contributed by atoms with Crippen LogP contribution in [0.15, 0.2) is 48.5 Å². The molecule has 1 heterocycles. The van der Waals surface area contributed by atoms with Gasteiger partial charge in [-0.15, -0.1) is 0 Å². The third-order valence-corrected chi connectivity index (χ3v) is 3.58. The lowest BCUT2D eigenvalue weighted by molar-refractivity contribution is 0.0989. The van der Waals surface area contributed by atoms with Crippen LogP contribution < -0.4 is 10.6 Å². The average Bonchev–Trinajstić information content (AvgIpc) is 2.96. The minimum atomic E-state index is 0.0244. The van der Waals surface area contributed by atoms with Crippen LogP contribution in [0.2, 0.25) is 0 Å². The van der Waals surface area contributed by atoms with E-state index in [2.05, 4.69) is 17.9 Å². The second-order valence-electron chi connectivity index (χ2n) is 4.92. The molecule has 3 heteroatoms. The predicted molar refractivity (Wildman–Crippen MR) is 84.2 cm³/mol. The van der Waals surface area contributed by atoms with Crippen LogP contribution >= 0.6 is 0 Å². The topological polar surface area (TPSA) is 46.3 Å². The summed E-state index contributed by atoms with van der Waals surface area (Å²) in [6.45, 7) is 1.05. The third-order valence-electron chi connectivity index (χ3n) is 3.58. The second-order valence-corrected chi connectivity index (χ2v) is 4.92. The predicted octanol–water partition coefficient (Wildman–Crippen LogP) is 2.20. The molecular formula is C18H16N2O. The van der Waals surface area contributed by atoms with Crippen molar-refractivity contribution >= 4 is 11.6 Å². The number of benzene rings is 2. The number of carbonyl (C=O) groups is 1. The number of hydrogen-bond donors (Lipinski definition) is 1. The highest BCUT2D eigenvalue weighted by Gasteiger charge is 2.24. The Hall–Kier alpha value is -2.57. The summed E-state index contributed by atoms with van der Waals surface area (Å²) in [5.74, 6) is 5.80. The summed E-state index contributed by atoms with van der Waals surface area (Å²) < 4.78 is 0. The number of nitrogens with zero attached hydrogens (tertiary/aromatic N) is 1. The van der Waals surface area contributed by atoms with Gasteiger partial charge in [-0.25, -0.2) is 0 Å². The Bertz CT molecular complexity index is 740. The molecule has 0 radical (unpaired) electrons. The lowest BCUT2D eigenvalue weighted by atomic mass is 10.1. The van der Waals surface area contributed by atoms with Gasteiger partial charge in [0.05, 0.1) is 6.54 Å². The third kappa shape index (κ3) is 2.67. The Morgan fingerprint density at radius 3 is 2.90 bits per heavy atom. The maximum Gasteiger partial charge on any atom is 0.258 e. The van der Waals surface area contributed by atoms with E-state index in [-0.39, 0.29) is 5.91 Å². The van der Waals surface area contributed by atoms with Gasteiger partial charge in [0.25, 0.3) is 5.91 Å². The zero-order valence-electron chi connectivity index (χ0n) is 11.7. The van der Waals surface area contributed by atoms with Crippen LogP contribution in [0, 0.1) is 11.8 Å². The largest absolute Gasteiger partial charge is 0.320 e. The number of nitrogens with two attached hydrogens (primary N) is 1. The first-order valence-electron chi connectivity index (χ1n) is 6.98. The molecule has 0 bridgehead atoms. The monoisotopic (exact) mass is 276 g/mol. The number of carbonyl (C=O) groups excluding carboxylic acids is 1. The molecule has 0 aliphatic carbocycles. The van der Waals surface area contributed by atoms with Gasteiger partial charge in [0.1, 0.15) is 0 Å². The molecule has 1 aliphatic heterocycles. The molecule has 0 atom stereocenters. The molecule has 0 aromatic heterocycles. The number of amides is 1. The molecule has 3 rings (SSSR count). The zero-order chi connectivity index (χ0) is 14.7. The van der Waals surface area contributed by atoms with E-state index in [1.807, 2.05) is 47.4 Å². The standard InChI is InChI=1S/C18H16N2O/c19-11-4-6-14-5-3-8-16(13-14)18(21)20-12-10-15-7-1-2-9-17(15)20/h1-3,5,7-9,13H,10-12,19H2. The Morgan fingerprint density at radius 1 is 1.19 bits per heavy atom. The molecule has 104 valence electrons. The molecule has 2 aromatic rings. The summed E-state index contributed by atoms with van der Waals surface area (Å²) in [5, 5.41) is 0. The van der Waals surface area contributed by atoms with Crippen molar-refractivity contribution in [2.75, 3.05) is 18.0 Å². The highest BCUT2D eigenvalue weighted by Crippen LogP contribution is 2.28. The maximum atomic E-state index is 12.7. The van der Waals surface area contributed by atoms with Gasteiger partial charge >= 0.3 is 0 Å². The van der Waals surface area contributed by atoms with Crippen LogP contribution in [0.3, 0.4) is 0 Å². The van der Waals surface area contributed by atoms with Crippen molar-refractivity contribution < 1.29 is 4.79 Å². The molecule has 1 aliphatic rings. The number of rotatable bonds is 1. The fourth-order valence-electron chi connectivity index (χ4n) is 2.59. The fraction of sp³-hybridized carbons (Fsp3) is 0.167. The molecule has 0 fully saturated rings. The highest BCUT2D eigenvalue weighted by molar-refractivity contribution is 6.07. The Kier molecular flexibility index (Phi) is 3.72. The van der Waals surface area contributed by atoms with Crippen LogP contribution in [0.1, 0.15) is 21.5 Å². The summed E-state index contributed by atoms with van der Waals surface area (Å²) in [7, 11) is 0. The first-order valence-corrected chi connectivity index (χ1v) is 6.98. The lowest BCUT2D eigenvalue weighted by Crippen LogP contribution is -2.28. The summed E-state index contributed by atoms with van der Waals surface area (Å²) >= 11 is 0. The SMILES string of the molecule is NCC#Cc1cccc(C(=O)N2CCc3ccccc32)c1. The van der Waals surface area contributed by atoms with E-state index in [1.54, 1.807) is 0 Å². The van der Waals surface area contributed by atoms with E-state index in [1.165, 1.54) is 5.56 Å². The number of hydrogen-bond acceptors (Lipinski definition) is 2. The van der Waals surface area contributed by atoms with Crippen molar-refractivity contribution in [1.82, 2.24) is 0 Å². The fourth-order valence-corrected chi connectivity index (χ4v) is 2.59. The van der Waals surface area contributed by atoms with Gasteiger partial charge in [0.2, 0.25) is 0 Å². The number of anilines is 1. The molecule has 21 heavy (non-hydrogen) atoms. The smallest absolute Gasteiger partial charge is 0.258 e. The Morgan fingerprint density at radius 2 is 2.05 bits per heavy atom. The normalized spacial score (nSPS) is 12.5. The highest BCUT2D eigenvalue weighted by atomic mass is 16.2. The van der Waals surface area contributed by atoms with Crippen molar-refractivity contribution in [2.24, 2.45) is 5.73 Å². The van der Waals surface area contributed by atoms with Crippen LogP contribution in [-0.2, 0) is 6.42 Å². The molecule has 1 amide bonds. The van der Waals surface area contributed by atoms with Crippen molar-refractivity contribution in [3.8, 4) is 11.8 Å². The second kappa shape index (κ2) is 5.82.